The molecule has 17 heavy (non-hydrogen) atoms. The third kappa shape index (κ3) is 2.97. The highest BCUT2D eigenvalue weighted by molar-refractivity contribution is 4.91. The molecule has 2 rings (SSSR count). The molecule has 5 heteroatoms. The molecule has 0 amide bonds. The fourth-order valence-electron chi connectivity index (χ4n) is 2.33. The molecule has 0 bridgehead atoms. The zero-order chi connectivity index (χ0) is 12.3. The number of likely N-dealkylation sites (tertiary alicyclic amines) is 1. The lowest BCUT2D eigenvalue weighted by Crippen LogP contribution is -2.34. The van der Waals surface area contributed by atoms with Gasteiger partial charge in [-0.3, -0.25) is 9.09 Å². The first-order valence-corrected chi connectivity index (χ1v) is 6.47. The first kappa shape index (κ1) is 12.4. The van der Waals surface area contributed by atoms with Crippen molar-refractivity contribution >= 4 is 0 Å². The maximum Gasteiger partial charge on any atom is 0.441 e. The molecule has 1 aliphatic heterocycles. The van der Waals surface area contributed by atoms with Gasteiger partial charge in [0.2, 0.25) is 0 Å². The second kappa shape index (κ2) is 5.49. The lowest BCUT2D eigenvalue weighted by molar-refractivity contribution is 0.218. The summed E-state index contributed by atoms with van der Waals surface area (Å²) in [5.74, 6) is 0.653. The van der Waals surface area contributed by atoms with E-state index in [1.165, 1.54) is 19.3 Å². The van der Waals surface area contributed by atoms with E-state index in [1.807, 2.05) is 13.8 Å². The number of nitrogens with zero attached hydrogens (tertiary/aromatic N) is 3. The van der Waals surface area contributed by atoms with Crippen LogP contribution < -0.4 is 5.76 Å². The zero-order valence-corrected chi connectivity index (χ0v) is 10.7. The molecule has 2 heterocycles. The average molecular weight is 239 g/mol. The Morgan fingerprint density at radius 1 is 1.24 bits per heavy atom. The van der Waals surface area contributed by atoms with E-state index in [2.05, 4.69) is 10.1 Å². The van der Waals surface area contributed by atoms with Gasteiger partial charge in [0.1, 0.15) is 0 Å². The van der Waals surface area contributed by atoms with Gasteiger partial charge in [-0.15, -0.1) is 0 Å². The van der Waals surface area contributed by atoms with Crippen molar-refractivity contribution in [2.24, 2.45) is 0 Å². The van der Waals surface area contributed by atoms with Crippen molar-refractivity contribution in [3.63, 3.8) is 0 Å². The number of aromatic nitrogens is 2. The van der Waals surface area contributed by atoms with E-state index in [0.717, 1.165) is 25.5 Å². The second-order valence-electron chi connectivity index (χ2n) is 5.02. The molecule has 1 saturated heterocycles. The molecule has 0 unspecified atom stereocenters. The summed E-state index contributed by atoms with van der Waals surface area (Å²) < 4.78 is 6.40. The lowest BCUT2D eigenvalue weighted by Gasteiger charge is -2.26. The van der Waals surface area contributed by atoms with Gasteiger partial charge >= 0.3 is 5.76 Å². The minimum absolute atomic E-state index is 0.225. The quantitative estimate of drug-likeness (QED) is 0.798. The van der Waals surface area contributed by atoms with Gasteiger partial charge in [-0.05, 0) is 25.9 Å². The molecule has 0 aliphatic carbocycles. The van der Waals surface area contributed by atoms with Crippen LogP contribution in [0.2, 0.25) is 0 Å². The van der Waals surface area contributed by atoms with Gasteiger partial charge in [0.25, 0.3) is 0 Å². The lowest BCUT2D eigenvalue weighted by atomic mass is 10.1. The molecule has 0 saturated carbocycles. The van der Waals surface area contributed by atoms with Gasteiger partial charge in [0, 0.05) is 19.0 Å². The normalized spacial score (nSPS) is 17.8. The molecule has 0 radical (unpaired) electrons. The summed E-state index contributed by atoms with van der Waals surface area (Å²) in [6.45, 7) is 7.95. The Hall–Kier alpha value is -1.10. The first-order chi connectivity index (χ1) is 8.18. The Balaban J connectivity index is 1.98. The highest BCUT2D eigenvalue weighted by atomic mass is 16.5. The van der Waals surface area contributed by atoms with Crippen molar-refractivity contribution in [1.82, 2.24) is 14.6 Å². The summed E-state index contributed by atoms with van der Waals surface area (Å²) in [5, 5.41) is 3.84. The van der Waals surface area contributed by atoms with Crippen molar-refractivity contribution in [1.29, 1.82) is 0 Å². The van der Waals surface area contributed by atoms with Gasteiger partial charge in [0.05, 0.1) is 0 Å². The van der Waals surface area contributed by atoms with Crippen molar-refractivity contribution in [2.75, 3.05) is 19.6 Å². The maximum atomic E-state index is 11.5. The third-order valence-corrected chi connectivity index (χ3v) is 3.32. The Bertz CT molecular complexity index is 402. The Morgan fingerprint density at radius 3 is 2.59 bits per heavy atom. The van der Waals surface area contributed by atoms with E-state index < -0.39 is 0 Å². The maximum absolute atomic E-state index is 11.5. The summed E-state index contributed by atoms with van der Waals surface area (Å²) >= 11 is 0. The van der Waals surface area contributed by atoms with Crippen LogP contribution in [0.1, 0.15) is 44.9 Å². The molecule has 0 atom stereocenters. The molecule has 0 aromatic carbocycles. The fourth-order valence-corrected chi connectivity index (χ4v) is 2.33. The zero-order valence-electron chi connectivity index (χ0n) is 10.7. The molecule has 1 fully saturated rings. The highest BCUT2D eigenvalue weighted by Gasteiger charge is 2.15. The second-order valence-corrected chi connectivity index (χ2v) is 5.02. The predicted molar refractivity (Wildman–Crippen MR) is 65.1 cm³/mol. The van der Waals surface area contributed by atoms with Crippen LogP contribution in [-0.4, -0.2) is 34.3 Å². The van der Waals surface area contributed by atoms with E-state index in [9.17, 15) is 4.79 Å². The molecule has 1 aromatic heterocycles. The SMILES string of the molecule is CC(C)c1noc(=O)n1CCN1CCCCC1. The number of hydrogen-bond donors (Lipinski definition) is 0. The van der Waals surface area contributed by atoms with Crippen LogP contribution in [0.15, 0.2) is 9.32 Å². The Kier molecular flexibility index (Phi) is 3.99. The van der Waals surface area contributed by atoms with Gasteiger partial charge < -0.3 is 4.90 Å². The van der Waals surface area contributed by atoms with Crippen molar-refractivity contribution in [3.8, 4) is 0 Å². The largest absolute Gasteiger partial charge is 0.441 e. The average Bonchev–Trinajstić information content (AvgIpc) is 2.69. The van der Waals surface area contributed by atoms with Crippen LogP contribution >= 0.6 is 0 Å². The Labute approximate surface area is 101 Å². The van der Waals surface area contributed by atoms with Crippen LogP contribution in [0.4, 0.5) is 0 Å². The number of piperidine rings is 1. The summed E-state index contributed by atoms with van der Waals surface area (Å²) in [7, 11) is 0. The summed E-state index contributed by atoms with van der Waals surface area (Å²) in [4.78, 5) is 13.9. The van der Waals surface area contributed by atoms with Crippen LogP contribution in [0.25, 0.3) is 0 Å². The molecule has 1 aromatic rings. The molecular formula is C12H21N3O2. The molecule has 0 N–H and O–H groups in total. The summed E-state index contributed by atoms with van der Waals surface area (Å²) in [6.07, 6.45) is 3.88. The molecule has 96 valence electrons. The van der Waals surface area contributed by atoms with Crippen LogP contribution in [0, 0.1) is 0 Å². The van der Waals surface area contributed by atoms with Crippen molar-refractivity contribution < 1.29 is 4.52 Å². The van der Waals surface area contributed by atoms with E-state index in [0.29, 0.717) is 6.54 Å². The van der Waals surface area contributed by atoms with E-state index in [-0.39, 0.29) is 11.7 Å². The number of rotatable bonds is 4. The standard InChI is InChI=1S/C12H21N3O2/c1-10(2)11-13-17-12(16)15(11)9-8-14-6-4-3-5-7-14/h10H,3-9H2,1-2H3. The van der Waals surface area contributed by atoms with Crippen LogP contribution in [0.5, 0.6) is 0 Å². The summed E-state index contributed by atoms with van der Waals surface area (Å²) in [5.41, 5.74) is 0. The van der Waals surface area contributed by atoms with E-state index in [1.54, 1.807) is 4.57 Å². The van der Waals surface area contributed by atoms with Gasteiger partial charge in [-0.1, -0.05) is 25.4 Å². The fraction of sp³-hybridized carbons (Fsp3) is 0.833. The van der Waals surface area contributed by atoms with Crippen molar-refractivity contribution in [3.05, 3.63) is 16.4 Å². The van der Waals surface area contributed by atoms with Gasteiger partial charge in [-0.2, -0.15) is 0 Å². The first-order valence-electron chi connectivity index (χ1n) is 6.47. The summed E-state index contributed by atoms with van der Waals surface area (Å²) in [6, 6.07) is 0. The molecule has 5 nitrogen and oxygen atoms in total. The van der Waals surface area contributed by atoms with E-state index in [4.69, 9.17) is 4.52 Å². The Morgan fingerprint density at radius 2 is 1.94 bits per heavy atom. The van der Waals surface area contributed by atoms with Crippen molar-refractivity contribution in [2.45, 2.75) is 45.6 Å². The van der Waals surface area contributed by atoms with Gasteiger partial charge in [0.15, 0.2) is 5.82 Å². The third-order valence-electron chi connectivity index (χ3n) is 3.32. The van der Waals surface area contributed by atoms with E-state index >= 15 is 0 Å². The topological polar surface area (TPSA) is 51.3 Å². The minimum Gasteiger partial charge on any atom is -0.302 e. The molecular weight excluding hydrogens is 218 g/mol. The monoisotopic (exact) mass is 239 g/mol. The predicted octanol–water partition coefficient (Wildman–Crippen LogP) is 1.45. The highest BCUT2D eigenvalue weighted by Crippen LogP contribution is 2.11. The van der Waals surface area contributed by atoms with Gasteiger partial charge in [-0.25, -0.2) is 4.79 Å². The molecule has 1 aliphatic rings. The van der Waals surface area contributed by atoms with Crippen LogP contribution in [0.3, 0.4) is 0 Å². The number of hydrogen-bond acceptors (Lipinski definition) is 4. The van der Waals surface area contributed by atoms with Crippen LogP contribution in [-0.2, 0) is 6.54 Å². The molecule has 0 spiro atoms. The smallest absolute Gasteiger partial charge is 0.302 e. The minimum atomic E-state index is -0.328.